The van der Waals surface area contributed by atoms with Gasteiger partial charge in [0.15, 0.2) is 11.5 Å². The highest BCUT2D eigenvalue weighted by Gasteiger charge is 2.15. The Labute approximate surface area is 106 Å². The summed E-state index contributed by atoms with van der Waals surface area (Å²) in [7, 11) is 1.51. The van der Waals surface area contributed by atoms with Crippen molar-refractivity contribution < 1.29 is 14.4 Å². The van der Waals surface area contributed by atoms with Gasteiger partial charge in [-0.2, -0.15) is 5.26 Å². The molecule has 0 atom stereocenters. The fourth-order valence-electron chi connectivity index (χ4n) is 1.33. The van der Waals surface area contributed by atoms with E-state index in [1.54, 1.807) is 31.2 Å². The Kier molecular flexibility index (Phi) is 4.76. The maximum atomic E-state index is 11.5. The lowest BCUT2D eigenvalue weighted by atomic mass is 10.3. The molecule has 0 aliphatic heterocycles. The van der Waals surface area contributed by atoms with Crippen molar-refractivity contribution >= 4 is 5.91 Å². The lowest BCUT2D eigenvalue weighted by Crippen LogP contribution is -2.30. The minimum Gasteiger partial charge on any atom is -0.493 e. The normalized spacial score (nSPS) is 10.4. The first-order valence-corrected chi connectivity index (χ1v) is 5.28. The summed E-state index contributed by atoms with van der Waals surface area (Å²) >= 11 is 0. The van der Waals surface area contributed by atoms with Gasteiger partial charge >= 0.3 is 0 Å². The van der Waals surface area contributed by atoms with Crippen LogP contribution in [0.25, 0.3) is 0 Å². The number of nitriles is 1. The van der Waals surface area contributed by atoms with Crippen LogP contribution >= 0.6 is 0 Å². The fraction of sp³-hybridized carbons (Fsp3) is 0.231. The molecule has 0 saturated carbocycles. The van der Waals surface area contributed by atoms with Crippen molar-refractivity contribution in [2.24, 2.45) is 0 Å². The Morgan fingerprint density at radius 1 is 1.33 bits per heavy atom. The number of rotatable bonds is 4. The largest absolute Gasteiger partial charge is 0.493 e. The lowest BCUT2D eigenvalue weighted by Gasteiger charge is -2.21. The average Bonchev–Trinajstić information content (AvgIpc) is 2.36. The van der Waals surface area contributed by atoms with Gasteiger partial charge in [-0.3, -0.25) is 4.79 Å². The number of methoxy groups -OCH3 is 1. The van der Waals surface area contributed by atoms with E-state index >= 15 is 0 Å². The molecule has 1 aromatic carbocycles. The van der Waals surface area contributed by atoms with Crippen LogP contribution < -0.4 is 9.57 Å². The molecule has 0 aromatic heterocycles. The monoisotopic (exact) mass is 246 g/mol. The van der Waals surface area contributed by atoms with Crippen LogP contribution in [0, 0.1) is 11.3 Å². The molecule has 0 aliphatic rings. The third kappa shape index (κ3) is 3.25. The zero-order valence-corrected chi connectivity index (χ0v) is 10.5. The van der Waals surface area contributed by atoms with Gasteiger partial charge in [0, 0.05) is 13.0 Å². The summed E-state index contributed by atoms with van der Waals surface area (Å²) in [5.41, 5.74) is 0.399. The molecule has 1 rings (SSSR count). The molecule has 5 heteroatoms. The molecule has 1 aromatic rings. The van der Waals surface area contributed by atoms with E-state index in [-0.39, 0.29) is 5.91 Å². The molecule has 0 radical (unpaired) electrons. The predicted molar refractivity (Wildman–Crippen MR) is 65.5 cm³/mol. The molecule has 5 nitrogen and oxygen atoms in total. The number of carbonyl (C=O) groups excluding carboxylic acids is 1. The van der Waals surface area contributed by atoms with Crippen molar-refractivity contribution in [2.45, 2.75) is 13.8 Å². The van der Waals surface area contributed by atoms with Crippen LogP contribution in [0.5, 0.6) is 11.5 Å². The first kappa shape index (κ1) is 13.6. The molecule has 0 fully saturated rings. The topological polar surface area (TPSA) is 62.6 Å². The van der Waals surface area contributed by atoms with Crippen LogP contribution in [0.2, 0.25) is 0 Å². The minimum absolute atomic E-state index is 0.329. The van der Waals surface area contributed by atoms with Gasteiger partial charge in [-0.05, 0) is 19.1 Å². The molecular formula is C13H14N2O3. The first-order chi connectivity index (χ1) is 8.60. The molecule has 1 amide bonds. The summed E-state index contributed by atoms with van der Waals surface area (Å²) in [5.74, 6) is 0.583. The Hall–Kier alpha value is -2.48. The summed E-state index contributed by atoms with van der Waals surface area (Å²) in [5, 5.41) is 9.63. The van der Waals surface area contributed by atoms with Gasteiger partial charge in [0.2, 0.25) is 0 Å². The van der Waals surface area contributed by atoms with Crippen molar-refractivity contribution in [2.75, 3.05) is 7.11 Å². The van der Waals surface area contributed by atoms with Gasteiger partial charge in [-0.15, -0.1) is 5.06 Å². The molecular weight excluding hydrogens is 232 g/mol. The van der Waals surface area contributed by atoms with E-state index in [9.17, 15) is 4.79 Å². The molecule has 94 valence electrons. The molecule has 0 spiro atoms. The molecule has 0 aliphatic carbocycles. The molecule has 0 N–H and O–H groups in total. The zero-order valence-electron chi connectivity index (χ0n) is 10.5. The maximum absolute atomic E-state index is 11.5. The van der Waals surface area contributed by atoms with Crippen molar-refractivity contribution in [3.63, 3.8) is 0 Å². The Morgan fingerprint density at radius 3 is 2.44 bits per heavy atom. The van der Waals surface area contributed by atoms with Crippen molar-refractivity contribution in [1.82, 2.24) is 5.06 Å². The third-order valence-electron chi connectivity index (χ3n) is 2.14. The number of hydrogen-bond donors (Lipinski definition) is 0. The first-order valence-electron chi connectivity index (χ1n) is 5.28. The van der Waals surface area contributed by atoms with Crippen molar-refractivity contribution in [3.8, 4) is 17.6 Å². The van der Waals surface area contributed by atoms with Gasteiger partial charge in [0.25, 0.3) is 5.91 Å². The number of para-hydroxylation sites is 2. The summed E-state index contributed by atoms with van der Waals surface area (Å²) in [6.45, 7) is 2.96. The van der Waals surface area contributed by atoms with Crippen LogP contribution in [-0.4, -0.2) is 18.1 Å². The number of amides is 1. The van der Waals surface area contributed by atoms with E-state index in [0.29, 0.717) is 17.2 Å². The standard InChI is InChI=1S/C13H14N2O3/c1-10(8-9-14)15(11(2)16)18-13-7-5-4-6-12(13)17-3/h4-8H,1-3H3/b10-8-. The second-order valence-corrected chi connectivity index (χ2v) is 3.47. The van der Waals surface area contributed by atoms with Crippen molar-refractivity contribution in [1.29, 1.82) is 5.26 Å². The van der Waals surface area contributed by atoms with Gasteiger partial charge in [-0.25, -0.2) is 0 Å². The molecule has 0 bridgehead atoms. The average molecular weight is 246 g/mol. The SMILES string of the molecule is COc1ccccc1ON(C(C)=O)/C(C)=C\C#N. The second kappa shape index (κ2) is 6.30. The van der Waals surface area contributed by atoms with E-state index in [4.69, 9.17) is 14.8 Å². The third-order valence-corrected chi connectivity index (χ3v) is 2.14. The molecule has 18 heavy (non-hydrogen) atoms. The highest BCUT2D eigenvalue weighted by molar-refractivity contribution is 5.74. The van der Waals surface area contributed by atoms with E-state index in [2.05, 4.69) is 0 Å². The molecule has 0 heterocycles. The summed E-state index contributed by atoms with van der Waals surface area (Å²) in [6, 6.07) is 8.80. The number of ether oxygens (including phenoxy) is 1. The number of carbonyl (C=O) groups is 1. The maximum Gasteiger partial charge on any atom is 0.256 e. The fourth-order valence-corrected chi connectivity index (χ4v) is 1.33. The van der Waals surface area contributed by atoms with Crippen molar-refractivity contribution in [3.05, 3.63) is 36.0 Å². The predicted octanol–water partition coefficient (Wildman–Crippen LogP) is 2.26. The lowest BCUT2D eigenvalue weighted by molar-refractivity contribution is -0.148. The van der Waals surface area contributed by atoms with Crippen LogP contribution in [0.4, 0.5) is 0 Å². The van der Waals surface area contributed by atoms with Crippen LogP contribution in [0.1, 0.15) is 13.8 Å². The summed E-state index contributed by atoms with van der Waals surface area (Å²) in [6.07, 6.45) is 1.23. The van der Waals surface area contributed by atoms with Gasteiger partial charge < -0.3 is 9.57 Å². The van der Waals surface area contributed by atoms with Crippen LogP contribution in [0.3, 0.4) is 0 Å². The number of allylic oxidation sites excluding steroid dienone is 2. The van der Waals surface area contributed by atoms with Crippen LogP contribution in [0.15, 0.2) is 36.0 Å². The highest BCUT2D eigenvalue weighted by atomic mass is 16.7. The number of nitrogens with zero attached hydrogens (tertiary/aromatic N) is 2. The van der Waals surface area contributed by atoms with E-state index in [0.717, 1.165) is 5.06 Å². The van der Waals surface area contributed by atoms with E-state index < -0.39 is 0 Å². The van der Waals surface area contributed by atoms with Gasteiger partial charge in [0.1, 0.15) is 0 Å². The quantitative estimate of drug-likeness (QED) is 0.604. The Balaban J connectivity index is 3.01. The summed E-state index contributed by atoms with van der Waals surface area (Å²) < 4.78 is 5.12. The van der Waals surface area contributed by atoms with E-state index in [1.165, 1.54) is 20.1 Å². The van der Waals surface area contributed by atoms with E-state index in [1.807, 2.05) is 6.07 Å². The molecule has 0 saturated heterocycles. The summed E-state index contributed by atoms with van der Waals surface area (Å²) in [4.78, 5) is 16.9. The Bertz CT molecular complexity index is 503. The Morgan fingerprint density at radius 2 is 1.94 bits per heavy atom. The highest BCUT2D eigenvalue weighted by Crippen LogP contribution is 2.27. The van der Waals surface area contributed by atoms with Gasteiger partial charge in [0.05, 0.1) is 18.9 Å². The van der Waals surface area contributed by atoms with Gasteiger partial charge in [-0.1, -0.05) is 12.1 Å². The zero-order chi connectivity index (χ0) is 13.5. The second-order valence-electron chi connectivity index (χ2n) is 3.47. The minimum atomic E-state index is -0.329. The smallest absolute Gasteiger partial charge is 0.256 e. The number of benzene rings is 1. The van der Waals surface area contributed by atoms with Crippen LogP contribution in [-0.2, 0) is 4.79 Å². The molecule has 0 unspecified atom stereocenters. The number of hydroxylamine groups is 2. The number of hydrogen-bond acceptors (Lipinski definition) is 4.